The van der Waals surface area contributed by atoms with Crippen LogP contribution in [-0.4, -0.2) is 27.7 Å². The summed E-state index contributed by atoms with van der Waals surface area (Å²) >= 11 is 6.22. The number of nitrogens with one attached hydrogen (secondary N) is 1. The number of anilines is 1. The fourth-order valence-corrected chi connectivity index (χ4v) is 3.37. The summed E-state index contributed by atoms with van der Waals surface area (Å²) < 4.78 is 12.4. The highest BCUT2D eigenvalue weighted by atomic mass is 35.5. The molecular formula is C22H23ClN4O5. The minimum Gasteiger partial charge on any atom is -0.497 e. The van der Waals surface area contributed by atoms with E-state index in [2.05, 4.69) is 10.4 Å². The van der Waals surface area contributed by atoms with Gasteiger partial charge in [-0.3, -0.25) is 19.6 Å². The zero-order chi connectivity index (χ0) is 23.4. The van der Waals surface area contributed by atoms with Gasteiger partial charge in [0.15, 0.2) is 0 Å². The molecule has 0 fully saturated rings. The number of aryl methyl sites for hydroxylation is 1. The predicted molar refractivity (Wildman–Crippen MR) is 121 cm³/mol. The topological polar surface area (TPSA) is 109 Å². The second kappa shape index (κ2) is 9.69. The van der Waals surface area contributed by atoms with Crippen molar-refractivity contribution in [2.45, 2.75) is 33.2 Å². The van der Waals surface area contributed by atoms with E-state index in [0.29, 0.717) is 34.3 Å². The lowest BCUT2D eigenvalue weighted by molar-refractivity contribution is -0.384. The van der Waals surface area contributed by atoms with Crippen molar-refractivity contribution in [1.29, 1.82) is 0 Å². The minimum absolute atomic E-state index is 0.210. The van der Waals surface area contributed by atoms with Crippen molar-refractivity contribution in [3.8, 4) is 17.2 Å². The van der Waals surface area contributed by atoms with Gasteiger partial charge in [0.2, 0.25) is 5.91 Å². The first kappa shape index (κ1) is 23.1. The standard InChI is InChI=1S/C22H23ClN4O5/c1-5-20(26-14(3)21(23)13(2)25-26)22(28)24-15-10-16(27(29)30)12-19(11-15)32-18-8-6-17(31-4)7-9-18/h6-12,20H,5H2,1-4H3,(H,24,28). The molecule has 0 aliphatic carbocycles. The van der Waals surface area contributed by atoms with Crippen LogP contribution >= 0.6 is 11.6 Å². The van der Waals surface area contributed by atoms with Crippen LogP contribution in [0.4, 0.5) is 11.4 Å². The Morgan fingerprint density at radius 3 is 2.38 bits per heavy atom. The summed E-state index contributed by atoms with van der Waals surface area (Å²) in [4.78, 5) is 23.9. The number of nitro groups is 1. The third-order valence-electron chi connectivity index (χ3n) is 4.89. The molecular weight excluding hydrogens is 436 g/mol. The van der Waals surface area contributed by atoms with Crippen LogP contribution in [0, 0.1) is 24.0 Å². The molecule has 0 radical (unpaired) electrons. The normalized spacial score (nSPS) is 11.7. The van der Waals surface area contributed by atoms with Crippen molar-refractivity contribution in [3.05, 3.63) is 69.0 Å². The van der Waals surface area contributed by atoms with Gasteiger partial charge in [-0.1, -0.05) is 18.5 Å². The van der Waals surface area contributed by atoms with Gasteiger partial charge in [0, 0.05) is 12.1 Å². The Bertz CT molecular complexity index is 1140. The third kappa shape index (κ3) is 5.00. The fraction of sp³-hybridized carbons (Fsp3) is 0.273. The minimum atomic E-state index is -0.633. The summed E-state index contributed by atoms with van der Waals surface area (Å²) in [7, 11) is 1.55. The largest absolute Gasteiger partial charge is 0.497 e. The Kier molecular flexibility index (Phi) is 6.99. The van der Waals surface area contributed by atoms with Crippen LogP contribution in [0.1, 0.15) is 30.8 Å². The number of hydrogen-bond acceptors (Lipinski definition) is 6. The molecule has 0 bridgehead atoms. The van der Waals surface area contributed by atoms with Crippen molar-refractivity contribution >= 4 is 28.9 Å². The summed E-state index contributed by atoms with van der Waals surface area (Å²) in [5.41, 5.74) is 1.32. The van der Waals surface area contributed by atoms with Crippen LogP contribution in [0.15, 0.2) is 42.5 Å². The average Bonchev–Trinajstić information content (AvgIpc) is 3.02. The molecule has 1 unspecified atom stereocenters. The number of ether oxygens (including phenoxy) is 2. The van der Waals surface area contributed by atoms with Gasteiger partial charge in [0.25, 0.3) is 5.69 Å². The zero-order valence-corrected chi connectivity index (χ0v) is 18.8. The quantitative estimate of drug-likeness (QED) is 0.355. The summed E-state index contributed by atoms with van der Waals surface area (Å²) in [5, 5.41) is 19.0. The van der Waals surface area contributed by atoms with Gasteiger partial charge < -0.3 is 14.8 Å². The Hall–Kier alpha value is -3.59. The van der Waals surface area contributed by atoms with E-state index in [1.54, 1.807) is 49.9 Å². The number of carbonyl (C=O) groups is 1. The fourth-order valence-electron chi connectivity index (χ4n) is 3.24. The van der Waals surface area contributed by atoms with Gasteiger partial charge in [0.05, 0.1) is 40.2 Å². The van der Waals surface area contributed by atoms with E-state index in [4.69, 9.17) is 21.1 Å². The van der Waals surface area contributed by atoms with E-state index in [9.17, 15) is 14.9 Å². The van der Waals surface area contributed by atoms with Gasteiger partial charge in [-0.05, 0) is 44.5 Å². The number of carbonyl (C=O) groups excluding carboxylic acids is 1. The lowest BCUT2D eigenvalue weighted by Crippen LogP contribution is -2.27. The number of hydrogen-bond donors (Lipinski definition) is 1. The second-order valence-corrected chi connectivity index (χ2v) is 7.47. The van der Waals surface area contributed by atoms with Gasteiger partial charge >= 0.3 is 0 Å². The van der Waals surface area contributed by atoms with Gasteiger partial charge in [-0.2, -0.15) is 5.10 Å². The Balaban J connectivity index is 1.87. The first-order valence-corrected chi connectivity index (χ1v) is 10.2. The maximum absolute atomic E-state index is 13.0. The summed E-state index contributed by atoms with van der Waals surface area (Å²) in [6, 6.07) is 10.2. The third-order valence-corrected chi connectivity index (χ3v) is 5.43. The van der Waals surface area contributed by atoms with Crippen LogP contribution < -0.4 is 14.8 Å². The van der Waals surface area contributed by atoms with Crippen molar-refractivity contribution in [1.82, 2.24) is 9.78 Å². The molecule has 0 aliphatic heterocycles. The van der Waals surface area contributed by atoms with Crippen molar-refractivity contribution < 1.29 is 19.2 Å². The second-order valence-electron chi connectivity index (χ2n) is 7.09. The summed E-state index contributed by atoms with van der Waals surface area (Å²) in [6.07, 6.45) is 0.453. The van der Waals surface area contributed by atoms with Crippen molar-refractivity contribution in [3.63, 3.8) is 0 Å². The molecule has 1 heterocycles. The van der Waals surface area contributed by atoms with Crippen molar-refractivity contribution in [2.24, 2.45) is 0 Å². The number of nitro benzene ring substituents is 1. The number of rotatable bonds is 8. The number of halogens is 1. The molecule has 168 valence electrons. The zero-order valence-electron chi connectivity index (χ0n) is 18.1. The molecule has 1 N–H and O–H groups in total. The molecule has 9 nitrogen and oxygen atoms in total. The maximum atomic E-state index is 13.0. The number of non-ortho nitro benzene ring substituents is 1. The molecule has 3 aromatic rings. The van der Waals surface area contributed by atoms with Crippen LogP contribution in [0.3, 0.4) is 0 Å². The molecule has 3 rings (SSSR count). The first-order chi connectivity index (χ1) is 15.2. The molecule has 0 spiro atoms. The molecule has 10 heteroatoms. The monoisotopic (exact) mass is 458 g/mol. The number of amides is 1. The molecule has 32 heavy (non-hydrogen) atoms. The molecule has 1 atom stereocenters. The van der Waals surface area contributed by atoms with Gasteiger partial charge in [-0.15, -0.1) is 0 Å². The van der Waals surface area contributed by atoms with Crippen LogP contribution in [0.5, 0.6) is 17.2 Å². The number of nitrogens with zero attached hydrogens (tertiary/aromatic N) is 3. The van der Waals surface area contributed by atoms with Crippen molar-refractivity contribution in [2.75, 3.05) is 12.4 Å². The number of aromatic nitrogens is 2. The molecule has 0 saturated heterocycles. The SMILES string of the molecule is CCC(C(=O)Nc1cc(Oc2ccc(OC)cc2)cc([N+](=O)[O-])c1)n1nc(C)c(Cl)c1C. The highest BCUT2D eigenvalue weighted by Crippen LogP contribution is 2.31. The Labute approximate surface area is 190 Å². The molecule has 2 aromatic carbocycles. The number of benzene rings is 2. The van der Waals surface area contributed by atoms with Gasteiger partial charge in [-0.25, -0.2) is 0 Å². The predicted octanol–water partition coefficient (Wildman–Crippen LogP) is 5.45. The highest BCUT2D eigenvalue weighted by Gasteiger charge is 2.24. The van der Waals surface area contributed by atoms with Crippen LogP contribution in [-0.2, 0) is 4.79 Å². The van der Waals surface area contributed by atoms with E-state index in [1.807, 2.05) is 6.92 Å². The maximum Gasteiger partial charge on any atom is 0.275 e. The summed E-state index contributed by atoms with van der Waals surface area (Å²) in [6.45, 7) is 5.40. The first-order valence-electron chi connectivity index (χ1n) is 9.87. The smallest absolute Gasteiger partial charge is 0.275 e. The highest BCUT2D eigenvalue weighted by molar-refractivity contribution is 6.31. The molecule has 0 saturated carbocycles. The molecule has 1 aromatic heterocycles. The van der Waals surface area contributed by atoms with Crippen LogP contribution in [0.2, 0.25) is 5.02 Å². The van der Waals surface area contributed by atoms with E-state index in [0.717, 1.165) is 0 Å². The van der Waals surface area contributed by atoms with Crippen LogP contribution in [0.25, 0.3) is 0 Å². The molecule has 0 aliphatic rings. The number of methoxy groups -OCH3 is 1. The lowest BCUT2D eigenvalue weighted by Gasteiger charge is -2.17. The Morgan fingerprint density at radius 1 is 1.19 bits per heavy atom. The summed E-state index contributed by atoms with van der Waals surface area (Å²) in [5.74, 6) is 0.957. The Morgan fingerprint density at radius 2 is 1.84 bits per heavy atom. The van der Waals surface area contributed by atoms with E-state index < -0.39 is 11.0 Å². The average molecular weight is 459 g/mol. The van der Waals surface area contributed by atoms with E-state index in [1.165, 1.54) is 18.2 Å². The van der Waals surface area contributed by atoms with E-state index >= 15 is 0 Å². The lowest BCUT2D eigenvalue weighted by atomic mass is 10.2. The molecule has 1 amide bonds. The van der Waals surface area contributed by atoms with E-state index in [-0.39, 0.29) is 23.0 Å². The van der Waals surface area contributed by atoms with Gasteiger partial charge in [0.1, 0.15) is 23.3 Å².